The van der Waals surface area contributed by atoms with Crippen molar-refractivity contribution in [2.45, 2.75) is 238 Å². The van der Waals surface area contributed by atoms with Crippen molar-refractivity contribution in [2.24, 2.45) is 0 Å². The molecule has 0 fully saturated rings. The Balaban J connectivity index is 3.92. The van der Waals surface area contributed by atoms with Crippen LogP contribution in [0.4, 0.5) is 0 Å². The van der Waals surface area contributed by atoms with Gasteiger partial charge in [0.15, 0.2) is 0 Å². The van der Waals surface area contributed by atoms with Crippen LogP contribution in [-0.2, 0) is 18.4 Å². The molecule has 378 valence electrons. The first-order valence-corrected chi connectivity index (χ1v) is 28.3. The molecule has 0 radical (unpaired) electrons. The number of nitrogens with one attached hydrogen (secondary N) is 1. The molecule has 0 spiro atoms. The van der Waals surface area contributed by atoms with Gasteiger partial charge in [-0.3, -0.25) is 13.8 Å². The average molecular weight is 932 g/mol. The highest BCUT2D eigenvalue weighted by atomic mass is 31.2. The second-order valence-corrected chi connectivity index (χ2v) is 20.7. The monoisotopic (exact) mass is 932 g/mol. The van der Waals surface area contributed by atoms with Gasteiger partial charge in [-0.25, -0.2) is 4.57 Å². The number of hydrogen-bond donors (Lipinski definition) is 3. The second-order valence-electron chi connectivity index (χ2n) is 19.2. The van der Waals surface area contributed by atoms with Crippen molar-refractivity contribution in [3.05, 3.63) is 72.9 Å². The van der Waals surface area contributed by atoms with Crippen molar-refractivity contribution in [1.82, 2.24) is 5.32 Å². The number of unbranched alkanes of at least 4 members (excludes halogenated alkanes) is 23. The van der Waals surface area contributed by atoms with E-state index in [0.29, 0.717) is 23.9 Å². The zero-order valence-corrected chi connectivity index (χ0v) is 43.9. The molecule has 1 amide bonds. The van der Waals surface area contributed by atoms with Crippen LogP contribution in [-0.4, -0.2) is 73.4 Å². The fourth-order valence-corrected chi connectivity index (χ4v) is 8.26. The van der Waals surface area contributed by atoms with Gasteiger partial charge in [0.1, 0.15) is 13.2 Å². The number of carbonyl (C=O) groups is 1. The predicted octanol–water partition coefficient (Wildman–Crippen LogP) is 15.9. The zero-order chi connectivity index (χ0) is 47.8. The van der Waals surface area contributed by atoms with Gasteiger partial charge >= 0.3 is 7.82 Å². The Kier molecular flexibility index (Phi) is 45.5. The molecule has 0 aromatic rings. The van der Waals surface area contributed by atoms with E-state index in [1.165, 1.54) is 122 Å². The zero-order valence-electron chi connectivity index (χ0n) is 43.0. The predicted molar refractivity (Wildman–Crippen MR) is 281 cm³/mol. The number of phosphoric acid groups is 1. The van der Waals surface area contributed by atoms with E-state index in [1.807, 2.05) is 21.1 Å². The smallest absolute Gasteiger partial charge is 0.391 e. The molecule has 0 saturated heterocycles. The van der Waals surface area contributed by atoms with Gasteiger partial charge in [-0.15, -0.1) is 0 Å². The Morgan fingerprint density at radius 3 is 1.35 bits per heavy atom. The van der Waals surface area contributed by atoms with Crippen LogP contribution in [0, 0.1) is 0 Å². The molecule has 0 aromatic carbocycles. The molecule has 3 N–H and O–H groups in total. The first kappa shape index (κ1) is 62.9. The third-order valence-corrected chi connectivity index (χ3v) is 12.7. The summed E-state index contributed by atoms with van der Waals surface area (Å²) in [5, 5.41) is 13.9. The Labute approximate surface area is 402 Å². The van der Waals surface area contributed by atoms with Crippen LogP contribution >= 0.6 is 7.82 Å². The maximum atomic E-state index is 12.9. The summed E-state index contributed by atoms with van der Waals surface area (Å²) in [7, 11) is 1.61. The number of phosphoric ester groups is 1. The van der Waals surface area contributed by atoms with E-state index in [0.717, 1.165) is 77.0 Å². The van der Waals surface area contributed by atoms with Gasteiger partial charge in [-0.1, -0.05) is 228 Å². The van der Waals surface area contributed by atoms with Crippen LogP contribution in [0.3, 0.4) is 0 Å². The summed E-state index contributed by atoms with van der Waals surface area (Å²) in [6, 6.07) is -0.760. The van der Waals surface area contributed by atoms with E-state index >= 15 is 0 Å². The van der Waals surface area contributed by atoms with Gasteiger partial charge in [-0.05, 0) is 64.2 Å². The molecule has 0 heterocycles. The molecule has 0 aliphatic carbocycles. The van der Waals surface area contributed by atoms with E-state index in [2.05, 4.69) is 92.1 Å². The highest BCUT2D eigenvalue weighted by Gasteiger charge is 2.28. The van der Waals surface area contributed by atoms with Gasteiger partial charge in [0.25, 0.3) is 0 Å². The number of hydrogen-bond acceptors (Lipinski definition) is 5. The van der Waals surface area contributed by atoms with Gasteiger partial charge < -0.3 is 19.8 Å². The minimum atomic E-state index is -4.31. The van der Waals surface area contributed by atoms with E-state index in [1.54, 1.807) is 0 Å². The Morgan fingerprint density at radius 2 is 0.923 bits per heavy atom. The van der Waals surface area contributed by atoms with Crippen molar-refractivity contribution in [3.8, 4) is 0 Å². The molecule has 0 aliphatic rings. The number of carbonyl (C=O) groups excluding carboxylic acids is 1. The van der Waals surface area contributed by atoms with Crippen molar-refractivity contribution in [1.29, 1.82) is 0 Å². The third kappa shape index (κ3) is 49.7. The van der Waals surface area contributed by atoms with Crippen LogP contribution in [0.15, 0.2) is 72.9 Å². The summed E-state index contributed by atoms with van der Waals surface area (Å²) in [6.45, 7) is 4.73. The number of rotatable bonds is 48. The number of nitrogens with zero attached hydrogens (tertiary/aromatic N) is 1. The summed E-state index contributed by atoms with van der Waals surface area (Å²) in [5.41, 5.74) is 0. The summed E-state index contributed by atoms with van der Waals surface area (Å²) < 4.78 is 23.6. The largest absolute Gasteiger partial charge is 0.472 e. The maximum Gasteiger partial charge on any atom is 0.472 e. The lowest BCUT2D eigenvalue weighted by molar-refractivity contribution is -0.870. The molecule has 0 aromatic heterocycles. The number of quaternary nitrogens is 1. The number of amides is 1. The fourth-order valence-electron chi connectivity index (χ4n) is 7.52. The van der Waals surface area contributed by atoms with Gasteiger partial charge in [0.2, 0.25) is 5.91 Å². The first-order chi connectivity index (χ1) is 31.5. The molecule has 0 saturated carbocycles. The number of aliphatic hydroxyl groups excluding tert-OH is 1. The minimum absolute atomic E-state index is 0.0730. The van der Waals surface area contributed by atoms with Crippen molar-refractivity contribution in [3.63, 3.8) is 0 Å². The molecule has 3 unspecified atom stereocenters. The molecule has 0 aliphatic heterocycles. The lowest BCUT2D eigenvalue weighted by Gasteiger charge is -2.26. The van der Waals surface area contributed by atoms with Crippen molar-refractivity contribution >= 4 is 13.7 Å². The fraction of sp³-hybridized carbons (Fsp3) is 0.768. The normalized spacial score (nSPS) is 14.6. The standard InChI is InChI=1S/C56H103N2O6P/c1-6-8-10-12-14-16-17-18-19-20-21-22-23-24-25-26-27-28-29-30-31-32-33-34-35-36-37-38-39-40-41-42-44-46-48-50-56(60)57-54(53-64-65(61,62)63-52-51-58(3,4)5)55(59)49-47-45-43-15-13-11-9-7-2/h8,10,14,16,18-19,21-22,24-25,27-28,54-55,59H,6-7,9,11-13,15,17,20,23,26,29-53H2,1-5H3,(H-,57,60,61,62)/p+1/b10-8-,16-14-,19-18-,22-21-,25-24-,28-27-. The Bertz CT molecular complexity index is 1290. The molecule has 8 nitrogen and oxygen atoms in total. The van der Waals surface area contributed by atoms with Gasteiger partial charge in [-0.2, -0.15) is 0 Å². The van der Waals surface area contributed by atoms with Crippen LogP contribution in [0.5, 0.6) is 0 Å². The lowest BCUT2D eigenvalue weighted by Crippen LogP contribution is -2.46. The summed E-state index contributed by atoms with van der Waals surface area (Å²) in [5.74, 6) is -0.149. The van der Waals surface area contributed by atoms with Crippen LogP contribution in [0.1, 0.15) is 226 Å². The molecule has 9 heteroatoms. The van der Waals surface area contributed by atoms with Crippen molar-refractivity contribution < 1.29 is 32.9 Å². The Hall–Kier alpha value is -2.06. The van der Waals surface area contributed by atoms with Crippen LogP contribution in [0.25, 0.3) is 0 Å². The first-order valence-electron chi connectivity index (χ1n) is 26.8. The van der Waals surface area contributed by atoms with Gasteiger partial charge in [0, 0.05) is 6.42 Å². The quantitative estimate of drug-likeness (QED) is 0.0243. The topological polar surface area (TPSA) is 105 Å². The number of likely N-dealkylation sites (N-methyl/N-ethyl adjacent to an activating group) is 1. The van der Waals surface area contributed by atoms with E-state index in [4.69, 9.17) is 9.05 Å². The summed E-state index contributed by atoms with van der Waals surface area (Å²) >= 11 is 0. The number of allylic oxidation sites excluding steroid dienone is 12. The maximum absolute atomic E-state index is 12.9. The summed E-state index contributed by atoms with van der Waals surface area (Å²) in [4.78, 5) is 23.1. The molecular weight excluding hydrogens is 828 g/mol. The average Bonchev–Trinajstić information content (AvgIpc) is 3.26. The van der Waals surface area contributed by atoms with E-state index < -0.39 is 20.0 Å². The molecule has 0 bridgehead atoms. The van der Waals surface area contributed by atoms with Crippen LogP contribution in [0.2, 0.25) is 0 Å². The summed E-state index contributed by atoms with van der Waals surface area (Å²) in [6.07, 6.45) is 64.1. The third-order valence-electron chi connectivity index (χ3n) is 11.7. The molecule has 3 atom stereocenters. The highest BCUT2D eigenvalue weighted by Crippen LogP contribution is 2.43. The molecule has 0 rings (SSSR count). The second kappa shape index (κ2) is 47.0. The van der Waals surface area contributed by atoms with Gasteiger partial charge in [0.05, 0.1) is 39.9 Å². The van der Waals surface area contributed by atoms with E-state index in [-0.39, 0.29) is 19.1 Å². The Morgan fingerprint density at radius 1 is 0.538 bits per heavy atom. The highest BCUT2D eigenvalue weighted by molar-refractivity contribution is 7.47. The van der Waals surface area contributed by atoms with E-state index in [9.17, 15) is 19.4 Å². The SMILES string of the molecule is CC/C=C\C/C=C\C/C=C\C/C=C\C/C=C\C/C=C\CCCCCCCCCCCCCCCCCCC(=O)NC(COP(=O)(O)OCC[N+](C)(C)C)C(O)CCCCCCCCCC. The molecular formula is C56H104N2O6P+. The lowest BCUT2D eigenvalue weighted by atomic mass is 10.0. The van der Waals surface area contributed by atoms with Crippen molar-refractivity contribution in [2.75, 3.05) is 40.9 Å². The minimum Gasteiger partial charge on any atom is -0.391 e. The van der Waals surface area contributed by atoms with Crippen LogP contribution < -0.4 is 5.32 Å². The number of aliphatic hydroxyl groups is 1. The molecule has 65 heavy (non-hydrogen) atoms.